The van der Waals surface area contributed by atoms with Crippen LogP contribution in [0.25, 0.3) is 0 Å². The zero-order valence-electron chi connectivity index (χ0n) is 12.7. The van der Waals surface area contributed by atoms with Crippen molar-refractivity contribution in [3.63, 3.8) is 0 Å². The summed E-state index contributed by atoms with van der Waals surface area (Å²) in [6.07, 6.45) is 5.03. The Morgan fingerprint density at radius 2 is 1.84 bits per heavy atom. The second-order valence-electron chi connectivity index (χ2n) is 7.93. The second-order valence-corrected chi connectivity index (χ2v) is 7.93. The molecule has 110 valence electrons. The minimum absolute atomic E-state index is 0.0178. The molecule has 1 N–H and O–H groups in total. The molecule has 19 heavy (non-hydrogen) atoms. The Morgan fingerprint density at radius 1 is 1.21 bits per heavy atom. The average Bonchev–Trinajstić information content (AvgIpc) is 2.22. The first-order valence-electron chi connectivity index (χ1n) is 7.52. The maximum atomic E-state index is 11.1. The molecule has 0 amide bonds. The zero-order chi connectivity index (χ0) is 14.5. The molecule has 0 radical (unpaired) electrons. The van der Waals surface area contributed by atoms with E-state index in [0.717, 1.165) is 19.3 Å². The van der Waals surface area contributed by atoms with Crippen LogP contribution in [-0.4, -0.2) is 16.7 Å². The molecule has 4 atom stereocenters. The predicted octanol–water partition coefficient (Wildman–Crippen LogP) is 2.12. The van der Waals surface area contributed by atoms with E-state index in [1.165, 1.54) is 6.42 Å². The zero-order valence-corrected chi connectivity index (χ0v) is 12.7. The van der Waals surface area contributed by atoms with Crippen molar-refractivity contribution in [2.24, 2.45) is 22.7 Å². The number of aliphatic carboxylic acids is 1. The van der Waals surface area contributed by atoms with Crippen LogP contribution >= 0.6 is 0 Å². The van der Waals surface area contributed by atoms with Gasteiger partial charge in [-0.2, -0.15) is 0 Å². The number of carboxylic acid groups (broad SMARTS) is 1. The van der Waals surface area contributed by atoms with Gasteiger partial charge in [0.2, 0.25) is 0 Å². The van der Waals surface area contributed by atoms with Gasteiger partial charge in [0.05, 0.1) is 5.60 Å². The van der Waals surface area contributed by atoms with Crippen molar-refractivity contribution in [3.05, 3.63) is 0 Å². The molecule has 2 aliphatic rings. The van der Waals surface area contributed by atoms with E-state index in [4.69, 9.17) is 0 Å². The van der Waals surface area contributed by atoms with Gasteiger partial charge in [-0.1, -0.05) is 27.2 Å². The average molecular weight is 267 g/mol. The van der Waals surface area contributed by atoms with Gasteiger partial charge < -0.3 is 15.0 Å². The smallest absolute Gasteiger partial charge is 0.0656 e. The van der Waals surface area contributed by atoms with E-state index in [2.05, 4.69) is 20.8 Å². The van der Waals surface area contributed by atoms with E-state index < -0.39 is 11.6 Å². The van der Waals surface area contributed by atoms with Crippen LogP contribution in [0.5, 0.6) is 0 Å². The third kappa shape index (κ3) is 2.42. The molecule has 2 aliphatic carbocycles. The number of carbonyl (C=O) groups excluding carboxylic acids is 1. The maximum Gasteiger partial charge on any atom is 0.0656 e. The molecule has 0 aromatic carbocycles. The Kier molecular flexibility index (Phi) is 3.49. The summed E-state index contributed by atoms with van der Waals surface area (Å²) in [5, 5.41) is 21.8. The van der Waals surface area contributed by atoms with Gasteiger partial charge in [0.1, 0.15) is 0 Å². The molecule has 2 fully saturated rings. The third-order valence-corrected chi connectivity index (χ3v) is 6.13. The summed E-state index contributed by atoms with van der Waals surface area (Å²) in [7, 11) is 0. The van der Waals surface area contributed by atoms with Crippen molar-refractivity contribution < 1.29 is 15.0 Å². The number of rotatable bonds is 2. The van der Waals surface area contributed by atoms with Crippen LogP contribution in [0, 0.1) is 22.7 Å². The van der Waals surface area contributed by atoms with Crippen molar-refractivity contribution in [1.82, 2.24) is 0 Å². The molecular formula is C16H27O3-. The minimum atomic E-state index is -1.03. The Morgan fingerprint density at radius 3 is 2.42 bits per heavy atom. The van der Waals surface area contributed by atoms with Crippen LogP contribution in [0.15, 0.2) is 0 Å². The fourth-order valence-electron chi connectivity index (χ4n) is 5.24. The lowest BCUT2D eigenvalue weighted by Gasteiger charge is -2.61. The van der Waals surface area contributed by atoms with Gasteiger partial charge in [-0.15, -0.1) is 0 Å². The number of fused-ring (bicyclic) bond motifs is 1. The Labute approximate surface area is 116 Å². The number of hydrogen-bond acceptors (Lipinski definition) is 3. The maximum absolute atomic E-state index is 11.1. The van der Waals surface area contributed by atoms with Gasteiger partial charge in [-0.05, 0) is 61.7 Å². The summed E-state index contributed by atoms with van der Waals surface area (Å²) in [5.74, 6) is -0.725. The number of carbonyl (C=O) groups is 1. The minimum Gasteiger partial charge on any atom is -0.550 e. The third-order valence-electron chi connectivity index (χ3n) is 6.13. The summed E-state index contributed by atoms with van der Waals surface area (Å²) in [4.78, 5) is 11.1. The van der Waals surface area contributed by atoms with Gasteiger partial charge in [0, 0.05) is 5.97 Å². The van der Waals surface area contributed by atoms with Crippen LogP contribution in [0.2, 0.25) is 0 Å². The molecule has 0 spiro atoms. The van der Waals surface area contributed by atoms with E-state index in [1.807, 2.05) is 6.92 Å². The number of hydrogen-bond donors (Lipinski definition) is 1. The molecule has 0 aromatic rings. The Hall–Kier alpha value is -0.570. The van der Waals surface area contributed by atoms with E-state index in [9.17, 15) is 15.0 Å². The lowest BCUT2D eigenvalue weighted by atomic mass is 9.45. The van der Waals surface area contributed by atoms with Crippen LogP contribution in [0.1, 0.15) is 66.2 Å². The fraction of sp³-hybridized carbons (Fsp3) is 0.938. The van der Waals surface area contributed by atoms with Crippen LogP contribution in [0.4, 0.5) is 0 Å². The predicted molar refractivity (Wildman–Crippen MR) is 72.2 cm³/mol. The molecule has 3 heteroatoms. The lowest BCUT2D eigenvalue weighted by molar-refractivity contribution is -0.311. The highest BCUT2D eigenvalue weighted by Gasteiger charge is 2.57. The molecule has 0 saturated heterocycles. The van der Waals surface area contributed by atoms with Gasteiger partial charge in [0.25, 0.3) is 0 Å². The fourth-order valence-corrected chi connectivity index (χ4v) is 5.24. The largest absolute Gasteiger partial charge is 0.550 e. The van der Waals surface area contributed by atoms with Crippen molar-refractivity contribution in [2.45, 2.75) is 71.8 Å². The monoisotopic (exact) mass is 267 g/mol. The standard InChI is InChI=1S/C16H28O3/c1-14(2)7-5-8-15(3)11(14)6-9-16(4,19)12(15)10-13(17)18/h11-12,19H,5-10H2,1-4H3,(H,17,18)/p-1/t11-,12+,15-,16+/m0/s1. The first kappa shape index (κ1) is 14.8. The van der Waals surface area contributed by atoms with Gasteiger partial charge >= 0.3 is 0 Å². The van der Waals surface area contributed by atoms with Crippen molar-refractivity contribution in [1.29, 1.82) is 0 Å². The topological polar surface area (TPSA) is 60.4 Å². The van der Waals surface area contributed by atoms with Crippen molar-refractivity contribution in [2.75, 3.05) is 0 Å². The van der Waals surface area contributed by atoms with Gasteiger partial charge in [0.15, 0.2) is 0 Å². The molecule has 0 bridgehead atoms. The lowest BCUT2D eigenvalue weighted by Crippen LogP contribution is -2.58. The van der Waals surface area contributed by atoms with E-state index in [-0.39, 0.29) is 23.2 Å². The highest BCUT2D eigenvalue weighted by atomic mass is 16.4. The Balaban J connectivity index is 2.38. The van der Waals surface area contributed by atoms with Crippen LogP contribution in [-0.2, 0) is 4.79 Å². The van der Waals surface area contributed by atoms with Crippen LogP contribution in [0.3, 0.4) is 0 Å². The highest BCUT2D eigenvalue weighted by Crippen LogP contribution is 2.62. The summed E-state index contributed by atoms with van der Waals surface area (Å²) in [5.41, 5.74) is -0.712. The van der Waals surface area contributed by atoms with Gasteiger partial charge in [-0.3, -0.25) is 0 Å². The molecular weight excluding hydrogens is 240 g/mol. The number of aliphatic hydroxyl groups is 1. The quantitative estimate of drug-likeness (QED) is 0.833. The van der Waals surface area contributed by atoms with Crippen LogP contribution < -0.4 is 5.11 Å². The molecule has 2 saturated carbocycles. The highest BCUT2D eigenvalue weighted by molar-refractivity contribution is 5.65. The molecule has 0 heterocycles. The molecule has 0 aromatic heterocycles. The molecule has 3 nitrogen and oxygen atoms in total. The van der Waals surface area contributed by atoms with Gasteiger partial charge in [-0.25, -0.2) is 0 Å². The summed E-state index contributed by atoms with van der Waals surface area (Å²) in [6, 6.07) is 0. The van der Waals surface area contributed by atoms with Crippen molar-refractivity contribution >= 4 is 5.97 Å². The first-order chi connectivity index (χ1) is 8.59. The van der Waals surface area contributed by atoms with E-state index in [1.54, 1.807) is 0 Å². The molecule has 2 rings (SSSR count). The summed E-state index contributed by atoms with van der Waals surface area (Å²) in [6.45, 7) is 8.60. The Bertz CT molecular complexity index is 372. The molecule has 0 aliphatic heterocycles. The summed E-state index contributed by atoms with van der Waals surface area (Å²) < 4.78 is 0. The summed E-state index contributed by atoms with van der Waals surface area (Å²) >= 11 is 0. The van der Waals surface area contributed by atoms with E-state index >= 15 is 0 Å². The normalized spacial score (nSPS) is 45.5. The van der Waals surface area contributed by atoms with E-state index in [0.29, 0.717) is 12.3 Å². The second kappa shape index (κ2) is 4.47. The number of carboxylic acids is 1. The van der Waals surface area contributed by atoms with Crippen molar-refractivity contribution in [3.8, 4) is 0 Å². The molecule has 0 unspecified atom stereocenters. The first-order valence-corrected chi connectivity index (χ1v) is 7.52. The SMILES string of the molecule is CC1(C)CCC[C@]2(C)[C@@H](CC(=O)[O-])[C@](C)(O)CC[C@@H]12.